The predicted molar refractivity (Wildman–Crippen MR) is 91.6 cm³/mol. The molecule has 1 aromatic heterocycles. The number of nitrogens with zero attached hydrogens (tertiary/aromatic N) is 3. The van der Waals surface area contributed by atoms with E-state index in [1.165, 1.54) is 35.3 Å². The Hall–Kier alpha value is -3.27. The van der Waals surface area contributed by atoms with Crippen LogP contribution in [0.25, 0.3) is 0 Å². The lowest BCUT2D eigenvalue weighted by atomic mass is 10.2. The fourth-order valence-electron chi connectivity index (χ4n) is 2.35. The molecule has 26 heavy (non-hydrogen) atoms. The number of anilines is 1. The van der Waals surface area contributed by atoms with Crippen molar-refractivity contribution in [2.45, 2.75) is 11.4 Å². The van der Waals surface area contributed by atoms with E-state index < -0.39 is 31.3 Å². The van der Waals surface area contributed by atoms with Crippen molar-refractivity contribution in [3.63, 3.8) is 0 Å². The Morgan fingerprint density at radius 1 is 1.15 bits per heavy atom. The van der Waals surface area contributed by atoms with Gasteiger partial charge in [-0.05, 0) is 12.1 Å². The molecule has 0 aliphatic carbocycles. The van der Waals surface area contributed by atoms with E-state index >= 15 is 0 Å². The fourth-order valence-corrected chi connectivity index (χ4v) is 3.55. The Morgan fingerprint density at radius 3 is 2.58 bits per heavy atom. The maximum absolute atomic E-state index is 13.7. The molecule has 0 amide bonds. The zero-order valence-corrected chi connectivity index (χ0v) is 14.1. The van der Waals surface area contributed by atoms with Crippen LogP contribution in [-0.2, 0) is 16.6 Å². The predicted octanol–water partition coefficient (Wildman–Crippen LogP) is 2.78. The van der Waals surface area contributed by atoms with E-state index in [4.69, 9.17) is 0 Å². The number of nitrogens with one attached hydrogen (secondary N) is 1. The molecule has 1 heterocycles. The molecule has 10 heteroatoms. The molecular weight excluding hydrogens is 363 g/mol. The number of sulfonamides is 1. The monoisotopic (exact) mass is 376 g/mol. The summed E-state index contributed by atoms with van der Waals surface area (Å²) in [4.78, 5) is 9.80. The molecule has 0 saturated heterocycles. The maximum Gasteiger partial charge on any atom is 0.289 e. The van der Waals surface area contributed by atoms with E-state index in [0.29, 0.717) is 5.56 Å². The highest BCUT2D eigenvalue weighted by atomic mass is 32.2. The standard InChI is InChI=1S/C16H13FN4O4S/c17-14-6-2-1-5-12(14)10-20-11-13(9-18-20)19-26(24,25)16-8-4-3-7-15(16)21(22)23/h1-9,11,19H,10H2. The number of nitro groups is 1. The highest BCUT2D eigenvalue weighted by Crippen LogP contribution is 2.25. The number of nitro benzene ring substituents is 1. The third-order valence-corrected chi connectivity index (χ3v) is 4.96. The van der Waals surface area contributed by atoms with Gasteiger partial charge in [0, 0.05) is 17.8 Å². The highest BCUT2D eigenvalue weighted by Gasteiger charge is 2.25. The minimum absolute atomic E-state index is 0.111. The highest BCUT2D eigenvalue weighted by molar-refractivity contribution is 7.92. The van der Waals surface area contributed by atoms with Crippen molar-refractivity contribution < 1.29 is 17.7 Å². The summed E-state index contributed by atoms with van der Waals surface area (Å²) in [5, 5.41) is 15.0. The van der Waals surface area contributed by atoms with Gasteiger partial charge < -0.3 is 0 Å². The molecule has 0 fully saturated rings. The molecule has 8 nitrogen and oxygen atoms in total. The Balaban J connectivity index is 1.83. The molecule has 0 bridgehead atoms. The van der Waals surface area contributed by atoms with Crippen molar-refractivity contribution >= 4 is 21.4 Å². The van der Waals surface area contributed by atoms with Crippen LogP contribution in [0.2, 0.25) is 0 Å². The smallest absolute Gasteiger partial charge is 0.276 e. The lowest BCUT2D eigenvalue weighted by Gasteiger charge is -2.06. The van der Waals surface area contributed by atoms with Gasteiger partial charge in [-0.1, -0.05) is 30.3 Å². The summed E-state index contributed by atoms with van der Waals surface area (Å²) in [5.74, 6) is -0.398. The van der Waals surface area contributed by atoms with Crippen LogP contribution in [0, 0.1) is 15.9 Å². The zero-order chi connectivity index (χ0) is 18.7. The summed E-state index contributed by atoms with van der Waals surface area (Å²) in [5.41, 5.74) is -0.0260. The SMILES string of the molecule is O=[N+]([O-])c1ccccc1S(=O)(=O)Nc1cnn(Cc2ccccc2F)c1. The van der Waals surface area contributed by atoms with Crippen molar-refractivity contribution in [1.82, 2.24) is 9.78 Å². The summed E-state index contributed by atoms with van der Waals surface area (Å²) >= 11 is 0. The van der Waals surface area contributed by atoms with Gasteiger partial charge in [0.15, 0.2) is 4.90 Å². The summed E-state index contributed by atoms with van der Waals surface area (Å²) in [6, 6.07) is 11.2. The van der Waals surface area contributed by atoms with Crippen LogP contribution in [0.3, 0.4) is 0 Å². The summed E-state index contributed by atoms with van der Waals surface area (Å²) < 4.78 is 42.1. The molecule has 2 aromatic carbocycles. The number of para-hydroxylation sites is 1. The fraction of sp³-hybridized carbons (Fsp3) is 0.0625. The van der Waals surface area contributed by atoms with Gasteiger partial charge in [0.1, 0.15) is 5.82 Å². The van der Waals surface area contributed by atoms with Crippen molar-refractivity contribution in [2.75, 3.05) is 4.72 Å². The summed E-state index contributed by atoms with van der Waals surface area (Å²) in [6.45, 7) is 0.111. The normalized spacial score (nSPS) is 11.3. The van der Waals surface area contributed by atoms with Gasteiger partial charge in [0.05, 0.1) is 23.4 Å². The minimum atomic E-state index is -4.18. The van der Waals surface area contributed by atoms with E-state index in [0.717, 1.165) is 12.1 Å². The molecule has 0 saturated carbocycles. The van der Waals surface area contributed by atoms with E-state index in [1.807, 2.05) is 0 Å². The average Bonchev–Trinajstić information content (AvgIpc) is 3.03. The van der Waals surface area contributed by atoms with Crippen molar-refractivity contribution in [1.29, 1.82) is 0 Å². The largest absolute Gasteiger partial charge is 0.289 e. The second-order valence-corrected chi connectivity index (χ2v) is 7.00. The van der Waals surface area contributed by atoms with Gasteiger partial charge >= 0.3 is 0 Å². The van der Waals surface area contributed by atoms with Crippen LogP contribution in [0.5, 0.6) is 0 Å². The van der Waals surface area contributed by atoms with Crippen LogP contribution in [0.15, 0.2) is 65.8 Å². The van der Waals surface area contributed by atoms with Gasteiger partial charge in [-0.2, -0.15) is 5.10 Å². The van der Waals surface area contributed by atoms with Gasteiger partial charge in [-0.15, -0.1) is 0 Å². The van der Waals surface area contributed by atoms with Gasteiger partial charge in [-0.25, -0.2) is 12.8 Å². The van der Waals surface area contributed by atoms with Crippen molar-refractivity contribution in [3.8, 4) is 0 Å². The number of hydrogen-bond acceptors (Lipinski definition) is 5. The number of benzene rings is 2. The van der Waals surface area contributed by atoms with Crippen LogP contribution in [0.4, 0.5) is 15.8 Å². The van der Waals surface area contributed by atoms with E-state index in [2.05, 4.69) is 9.82 Å². The summed E-state index contributed by atoms with van der Waals surface area (Å²) in [7, 11) is -4.18. The Bertz CT molecular complexity index is 1070. The van der Waals surface area contributed by atoms with Crippen molar-refractivity contribution in [3.05, 3.63) is 82.4 Å². The van der Waals surface area contributed by atoms with E-state index in [1.54, 1.807) is 18.2 Å². The van der Waals surface area contributed by atoms with Crippen LogP contribution >= 0.6 is 0 Å². The Morgan fingerprint density at radius 2 is 1.85 bits per heavy atom. The third kappa shape index (κ3) is 3.70. The number of hydrogen-bond donors (Lipinski definition) is 1. The van der Waals surface area contributed by atoms with Crippen LogP contribution in [0.1, 0.15) is 5.56 Å². The number of halogens is 1. The molecule has 134 valence electrons. The van der Waals surface area contributed by atoms with Gasteiger partial charge in [-0.3, -0.25) is 19.5 Å². The Kier molecular flexibility index (Phi) is 4.67. The number of aromatic nitrogens is 2. The number of rotatable bonds is 6. The van der Waals surface area contributed by atoms with E-state index in [-0.39, 0.29) is 12.2 Å². The first-order valence-electron chi connectivity index (χ1n) is 7.39. The first-order chi connectivity index (χ1) is 12.4. The lowest BCUT2D eigenvalue weighted by Crippen LogP contribution is -2.14. The van der Waals surface area contributed by atoms with Crippen LogP contribution in [-0.4, -0.2) is 23.1 Å². The topological polar surface area (TPSA) is 107 Å². The molecule has 0 aliphatic rings. The maximum atomic E-state index is 13.7. The molecule has 0 radical (unpaired) electrons. The lowest BCUT2D eigenvalue weighted by molar-refractivity contribution is -0.387. The first kappa shape index (κ1) is 17.5. The van der Waals surface area contributed by atoms with Gasteiger partial charge in [0.25, 0.3) is 15.7 Å². The van der Waals surface area contributed by atoms with E-state index in [9.17, 15) is 22.9 Å². The summed E-state index contributed by atoms with van der Waals surface area (Å²) in [6.07, 6.45) is 2.62. The molecule has 3 aromatic rings. The van der Waals surface area contributed by atoms with Gasteiger partial charge in [0.2, 0.25) is 0 Å². The molecule has 0 aliphatic heterocycles. The second kappa shape index (κ2) is 6.92. The molecule has 0 spiro atoms. The quantitative estimate of drug-likeness (QED) is 0.526. The second-order valence-electron chi connectivity index (χ2n) is 5.35. The van der Waals surface area contributed by atoms with Crippen LogP contribution < -0.4 is 4.72 Å². The molecule has 3 rings (SSSR count). The molecule has 0 atom stereocenters. The Labute approximate surface area is 148 Å². The average molecular weight is 376 g/mol. The molecule has 0 unspecified atom stereocenters. The first-order valence-corrected chi connectivity index (χ1v) is 8.87. The molecule has 1 N–H and O–H groups in total. The molecular formula is C16H13FN4O4S. The zero-order valence-electron chi connectivity index (χ0n) is 13.2. The van der Waals surface area contributed by atoms with Crippen molar-refractivity contribution in [2.24, 2.45) is 0 Å². The minimum Gasteiger partial charge on any atom is -0.276 e. The third-order valence-electron chi connectivity index (χ3n) is 3.53.